The Hall–Kier alpha value is -2.63. The molecule has 0 radical (unpaired) electrons. The van der Waals surface area contributed by atoms with Crippen LogP contribution in [0.25, 0.3) is 11.1 Å². The van der Waals surface area contributed by atoms with Crippen LogP contribution in [-0.4, -0.2) is 25.6 Å². The van der Waals surface area contributed by atoms with E-state index >= 15 is 0 Å². The van der Waals surface area contributed by atoms with Crippen molar-refractivity contribution in [2.24, 2.45) is 0 Å². The smallest absolute Gasteiger partial charge is 0.368 e. The number of H-pyrrole nitrogens is 1. The summed E-state index contributed by atoms with van der Waals surface area (Å²) in [5.41, 5.74) is 5.36. The van der Waals surface area contributed by atoms with Crippen molar-refractivity contribution in [1.29, 1.82) is 0 Å². The van der Waals surface area contributed by atoms with Gasteiger partial charge in [0.25, 0.3) is 0 Å². The predicted octanol–water partition coefficient (Wildman–Crippen LogP) is 3.85. The number of hydrogen-bond donors (Lipinski definition) is 4. The molecule has 5 N–H and O–H groups in total. The van der Waals surface area contributed by atoms with Crippen LogP contribution in [0.2, 0.25) is 5.02 Å². The van der Waals surface area contributed by atoms with Gasteiger partial charge in [-0.3, -0.25) is 0 Å². The third kappa shape index (κ3) is 5.25. The zero-order valence-corrected chi connectivity index (χ0v) is 16.5. The van der Waals surface area contributed by atoms with E-state index in [4.69, 9.17) is 17.3 Å². The molecule has 0 aliphatic carbocycles. The second-order valence-electron chi connectivity index (χ2n) is 6.02. The molecular formula is C17H16ClF3N6OS. The molecule has 0 saturated carbocycles. The number of nitrogen functional groups attached to an aromatic ring is 1. The van der Waals surface area contributed by atoms with Gasteiger partial charge in [0.05, 0.1) is 21.6 Å². The van der Waals surface area contributed by atoms with Crippen LogP contribution >= 0.6 is 11.6 Å². The molecule has 1 aromatic heterocycles. The maximum atomic E-state index is 13.8. The highest BCUT2D eigenvalue weighted by molar-refractivity contribution is 7.82. The number of benzene rings is 2. The van der Waals surface area contributed by atoms with Gasteiger partial charge in [-0.05, 0) is 29.3 Å². The van der Waals surface area contributed by atoms with Gasteiger partial charge in [-0.15, -0.1) is 5.10 Å². The van der Waals surface area contributed by atoms with Gasteiger partial charge in [-0.2, -0.15) is 18.2 Å². The predicted molar refractivity (Wildman–Crippen MR) is 107 cm³/mol. The first kappa shape index (κ1) is 21.1. The molecule has 154 valence electrons. The number of nitrogens with two attached hydrogens (primary N) is 1. The molecule has 3 rings (SSSR count). The van der Waals surface area contributed by atoms with Gasteiger partial charge in [0.2, 0.25) is 11.9 Å². The standard InChI is InChI=1S/C17H16ClF3N6OS/c1-29(28)23-8-9-3-2-4-10(5-9)14-12(17(19,20)21)6-11(7-13(14)18)24-16-25-15(22)26-27-16/h2-7,23H,8H2,1H3,(H4,22,24,25,26,27). The quantitative estimate of drug-likeness (QED) is 0.461. The Morgan fingerprint density at radius 1 is 1.28 bits per heavy atom. The summed E-state index contributed by atoms with van der Waals surface area (Å²) in [6.07, 6.45) is -3.19. The van der Waals surface area contributed by atoms with Crippen LogP contribution in [0.1, 0.15) is 11.1 Å². The molecule has 12 heteroatoms. The van der Waals surface area contributed by atoms with E-state index in [-0.39, 0.29) is 40.3 Å². The fourth-order valence-corrected chi connectivity index (χ4v) is 3.38. The summed E-state index contributed by atoms with van der Waals surface area (Å²) in [5.74, 6) is 0.0322. The fourth-order valence-electron chi connectivity index (χ4n) is 2.68. The Kier molecular flexibility index (Phi) is 6.10. The lowest BCUT2D eigenvalue weighted by molar-refractivity contribution is -0.137. The third-order valence-corrected chi connectivity index (χ3v) is 4.70. The maximum absolute atomic E-state index is 13.8. The molecule has 29 heavy (non-hydrogen) atoms. The van der Waals surface area contributed by atoms with Gasteiger partial charge in [-0.1, -0.05) is 29.8 Å². The summed E-state index contributed by atoms with van der Waals surface area (Å²) in [7, 11) is -1.25. The summed E-state index contributed by atoms with van der Waals surface area (Å²) in [5, 5.41) is 8.65. The number of halogens is 4. The molecule has 0 fully saturated rings. The lowest BCUT2D eigenvalue weighted by atomic mass is 9.97. The van der Waals surface area contributed by atoms with Crippen LogP contribution in [0.3, 0.4) is 0 Å². The lowest BCUT2D eigenvalue weighted by Crippen LogP contribution is -2.14. The molecule has 0 aliphatic rings. The SMILES string of the molecule is CS(=O)NCc1cccc(-c2c(Cl)cc(Nc3n[nH]c(N)n3)cc2C(F)(F)F)c1. The van der Waals surface area contributed by atoms with E-state index in [1.54, 1.807) is 18.2 Å². The highest BCUT2D eigenvalue weighted by Crippen LogP contribution is 2.43. The van der Waals surface area contributed by atoms with E-state index in [1.807, 2.05) is 0 Å². The number of aromatic nitrogens is 3. The van der Waals surface area contributed by atoms with Crippen molar-refractivity contribution in [2.75, 3.05) is 17.3 Å². The number of nitrogens with one attached hydrogen (secondary N) is 3. The number of hydrogen-bond acceptors (Lipinski definition) is 5. The molecule has 1 unspecified atom stereocenters. The third-order valence-electron chi connectivity index (χ3n) is 3.85. The molecule has 2 aromatic carbocycles. The molecule has 0 saturated heterocycles. The second-order valence-corrected chi connectivity index (χ2v) is 7.63. The average molecular weight is 445 g/mol. The molecular weight excluding hydrogens is 429 g/mol. The van der Waals surface area contributed by atoms with Crippen molar-refractivity contribution in [3.05, 3.63) is 52.5 Å². The van der Waals surface area contributed by atoms with Crippen LogP contribution < -0.4 is 15.8 Å². The number of aromatic amines is 1. The van der Waals surface area contributed by atoms with Crippen molar-refractivity contribution in [1.82, 2.24) is 19.9 Å². The van der Waals surface area contributed by atoms with E-state index in [1.165, 1.54) is 18.4 Å². The van der Waals surface area contributed by atoms with Gasteiger partial charge >= 0.3 is 6.18 Å². The lowest BCUT2D eigenvalue weighted by Gasteiger charge is -2.17. The number of alkyl halides is 3. The summed E-state index contributed by atoms with van der Waals surface area (Å²) < 4.78 is 55.3. The summed E-state index contributed by atoms with van der Waals surface area (Å²) >= 11 is 6.25. The number of nitrogens with zero attached hydrogens (tertiary/aromatic N) is 2. The zero-order chi connectivity index (χ0) is 21.2. The van der Waals surface area contributed by atoms with E-state index in [0.717, 1.165) is 6.07 Å². The molecule has 0 bridgehead atoms. The summed E-state index contributed by atoms with van der Waals surface area (Å²) in [6.45, 7) is 0.238. The summed E-state index contributed by atoms with van der Waals surface area (Å²) in [4.78, 5) is 3.80. The molecule has 0 spiro atoms. The molecule has 1 atom stereocenters. The first-order valence-corrected chi connectivity index (χ1v) is 10.1. The molecule has 1 heterocycles. The minimum absolute atomic E-state index is 0.0140. The Bertz CT molecular complexity index is 1060. The first-order valence-electron chi connectivity index (χ1n) is 8.15. The molecule has 0 amide bonds. The van der Waals surface area contributed by atoms with Gasteiger partial charge in [0.15, 0.2) is 0 Å². The molecule has 3 aromatic rings. The topological polar surface area (TPSA) is 109 Å². The van der Waals surface area contributed by atoms with Crippen molar-refractivity contribution < 1.29 is 17.4 Å². The largest absolute Gasteiger partial charge is 0.417 e. The van der Waals surface area contributed by atoms with Crippen molar-refractivity contribution >= 4 is 40.2 Å². The minimum Gasteiger partial charge on any atom is -0.368 e. The second kappa shape index (κ2) is 8.39. The Balaban J connectivity index is 2.04. The Labute approximate surface area is 171 Å². The minimum atomic E-state index is -4.66. The molecule has 7 nitrogen and oxygen atoms in total. The van der Waals surface area contributed by atoms with Crippen LogP contribution in [0.15, 0.2) is 36.4 Å². The van der Waals surface area contributed by atoms with E-state index in [0.29, 0.717) is 5.56 Å². The summed E-state index contributed by atoms with van der Waals surface area (Å²) in [6, 6.07) is 8.72. The first-order chi connectivity index (χ1) is 13.6. The van der Waals surface area contributed by atoms with Crippen molar-refractivity contribution in [3.63, 3.8) is 0 Å². The maximum Gasteiger partial charge on any atom is 0.417 e. The normalized spacial score (nSPS) is 12.7. The van der Waals surface area contributed by atoms with Gasteiger partial charge in [0, 0.05) is 24.1 Å². The zero-order valence-electron chi connectivity index (χ0n) is 15.0. The monoisotopic (exact) mass is 444 g/mol. The van der Waals surface area contributed by atoms with E-state index in [9.17, 15) is 17.4 Å². The van der Waals surface area contributed by atoms with E-state index < -0.39 is 22.7 Å². The van der Waals surface area contributed by atoms with Crippen LogP contribution in [0.4, 0.5) is 30.8 Å². The Morgan fingerprint density at radius 3 is 2.66 bits per heavy atom. The van der Waals surface area contributed by atoms with E-state index in [2.05, 4.69) is 25.2 Å². The van der Waals surface area contributed by atoms with Crippen molar-refractivity contribution in [3.8, 4) is 11.1 Å². The highest BCUT2D eigenvalue weighted by Gasteiger charge is 2.35. The highest BCUT2D eigenvalue weighted by atomic mass is 35.5. The molecule has 0 aliphatic heterocycles. The Morgan fingerprint density at radius 2 is 2.03 bits per heavy atom. The van der Waals surface area contributed by atoms with Crippen LogP contribution in [-0.2, 0) is 23.7 Å². The van der Waals surface area contributed by atoms with Crippen molar-refractivity contribution in [2.45, 2.75) is 12.7 Å². The number of anilines is 3. The van der Waals surface area contributed by atoms with Crippen LogP contribution in [0.5, 0.6) is 0 Å². The fraction of sp³-hybridized carbons (Fsp3) is 0.176. The van der Waals surface area contributed by atoms with Gasteiger partial charge < -0.3 is 11.1 Å². The van der Waals surface area contributed by atoms with Gasteiger partial charge in [-0.25, -0.2) is 14.0 Å². The average Bonchev–Trinajstić information content (AvgIpc) is 3.03. The van der Waals surface area contributed by atoms with Gasteiger partial charge in [0.1, 0.15) is 0 Å². The number of rotatable bonds is 6. The van der Waals surface area contributed by atoms with Crippen LogP contribution in [0, 0.1) is 0 Å².